The second-order valence-electron chi connectivity index (χ2n) is 5.27. The van der Waals surface area contributed by atoms with Gasteiger partial charge in [-0.3, -0.25) is 0 Å². The molecule has 0 fully saturated rings. The van der Waals surface area contributed by atoms with Crippen LogP contribution in [0.1, 0.15) is 34.7 Å². The molecule has 0 aliphatic rings. The lowest BCUT2D eigenvalue weighted by Gasteiger charge is -2.12. The van der Waals surface area contributed by atoms with E-state index in [1.54, 1.807) is 0 Å². The fourth-order valence-corrected chi connectivity index (χ4v) is 2.27. The Labute approximate surface area is 116 Å². The van der Waals surface area contributed by atoms with E-state index in [1.165, 1.54) is 33.5 Å². The van der Waals surface area contributed by atoms with Crippen LogP contribution < -0.4 is 5.32 Å². The van der Waals surface area contributed by atoms with Crippen molar-refractivity contribution in [3.63, 3.8) is 0 Å². The van der Waals surface area contributed by atoms with Gasteiger partial charge >= 0.3 is 0 Å². The monoisotopic (exact) mass is 253 g/mol. The molecule has 0 radical (unpaired) electrons. The first-order chi connectivity index (χ1) is 9.10. The topological polar surface area (TPSA) is 12.0 Å². The van der Waals surface area contributed by atoms with Gasteiger partial charge in [-0.1, -0.05) is 31.2 Å². The van der Waals surface area contributed by atoms with Crippen LogP contribution in [0.3, 0.4) is 0 Å². The molecule has 1 nitrogen and oxygen atoms in total. The van der Waals surface area contributed by atoms with Gasteiger partial charge in [-0.2, -0.15) is 0 Å². The van der Waals surface area contributed by atoms with Gasteiger partial charge < -0.3 is 5.32 Å². The summed E-state index contributed by atoms with van der Waals surface area (Å²) in [6.45, 7) is 9.60. The van der Waals surface area contributed by atoms with Crippen LogP contribution in [0.2, 0.25) is 0 Å². The molecule has 2 rings (SSSR count). The molecule has 19 heavy (non-hydrogen) atoms. The van der Waals surface area contributed by atoms with E-state index >= 15 is 0 Å². The molecule has 1 N–H and O–H groups in total. The number of anilines is 1. The normalized spacial score (nSPS) is 10.5. The summed E-state index contributed by atoms with van der Waals surface area (Å²) in [6, 6.07) is 13.3. The molecule has 100 valence electrons. The minimum Gasteiger partial charge on any atom is -0.381 e. The van der Waals surface area contributed by atoms with E-state index in [2.05, 4.69) is 69.4 Å². The fraction of sp³-hybridized carbons (Fsp3) is 0.333. The molecule has 0 aliphatic carbocycles. The van der Waals surface area contributed by atoms with Crippen molar-refractivity contribution in [3.05, 3.63) is 64.2 Å². The summed E-state index contributed by atoms with van der Waals surface area (Å²) in [6.07, 6.45) is 1.09. The lowest BCUT2D eigenvalue weighted by molar-refractivity contribution is 1.09. The smallest absolute Gasteiger partial charge is 0.0403 e. The summed E-state index contributed by atoms with van der Waals surface area (Å²) in [4.78, 5) is 0. The predicted octanol–water partition coefficient (Wildman–Crippen LogP) is 4.79. The van der Waals surface area contributed by atoms with E-state index in [0.717, 1.165) is 13.0 Å². The molecule has 0 aromatic heterocycles. The zero-order valence-corrected chi connectivity index (χ0v) is 12.4. The van der Waals surface area contributed by atoms with Crippen molar-refractivity contribution in [1.29, 1.82) is 0 Å². The first-order valence-corrected chi connectivity index (χ1v) is 6.99. The molecule has 0 heterocycles. The first kappa shape index (κ1) is 13.7. The van der Waals surface area contributed by atoms with Crippen LogP contribution in [0.5, 0.6) is 0 Å². The van der Waals surface area contributed by atoms with Gasteiger partial charge in [-0.15, -0.1) is 0 Å². The molecule has 1 heteroatoms. The van der Waals surface area contributed by atoms with Crippen LogP contribution in [0.15, 0.2) is 36.4 Å². The van der Waals surface area contributed by atoms with Crippen LogP contribution in [-0.4, -0.2) is 0 Å². The van der Waals surface area contributed by atoms with Crippen LogP contribution in [-0.2, 0) is 13.0 Å². The van der Waals surface area contributed by atoms with E-state index < -0.39 is 0 Å². The number of hydrogen-bond acceptors (Lipinski definition) is 1. The molecule has 0 aliphatic heterocycles. The molecule has 0 saturated carbocycles. The SMILES string of the molecule is CCc1ccc(NCc2cc(C)c(C)cc2C)cc1. The molecule has 2 aromatic rings. The van der Waals surface area contributed by atoms with Gasteiger partial charge in [-0.05, 0) is 67.1 Å². The number of nitrogens with one attached hydrogen (secondary N) is 1. The number of aryl methyl sites for hydroxylation is 4. The molecule has 0 spiro atoms. The second-order valence-corrected chi connectivity index (χ2v) is 5.27. The number of rotatable bonds is 4. The van der Waals surface area contributed by atoms with Crippen molar-refractivity contribution < 1.29 is 0 Å². The maximum atomic E-state index is 3.50. The van der Waals surface area contributed by atoms with Gasteiger partial charge in [0.25, 0.3) is 0 Å². The Balaban J connectivity index is 2.07. The molecule has 0 amide bonds. The van der Waals surface area contributed by atoms with Crippen molar-refractivity contribution in [2.45, 2.75) is 40.7 Å². The third-order valence-electron chi connectivity index (χ3n) is 3.80. The molecule has 2 aromatic carbocycles. The quantitative estimate of drug-likeness (QED) is 0.826. The summed E-state index contributed by atoms with van der Waals surface area (Å²) in [7, 11) is 0. The minimum atomic E-state index is 0.887. The van der Waals surface area contributed by atoms with E-state index in [9.17, 15) is 0 Å². The molecular weight excluding hydrogens is 230 g/mol. The number of hydrogen-bond donors (Lipinski definition) is 1. The summed E-state index contributed by atoms with van der Waals surface area (Å²) in [5.74, 6) is 0. The van der Waals surface area contributed by atoms with Crippen molar-refractivity contribution in [1.82, 2.24) is 0 Å². The van der Waals surface area contributed by atoms with Gasteiger partial charge in [-0.25, -0.2) is 0 Å². The fourth-order valence-electron chi connectivity index (χ4n) is 2.27. The highest BCUT2D eigenvalue weighted by Crippen LogP contribution is 2.17. The van der Waals surface area contributed by atoms with Crippen LogP contribution in [0.25, 0.3) is 0 Å². The van der Waals surface area contributed by atoms with Crippen LogP contribution in [0, 0.1) is 20.8 Å². The van der Waals surface area contributed by atoms with Crippen LogP contribution in [0.4, 0.5) is 5.69 Å². The van der Waals surface area contributed by atoms with E-state index in [-0.39, 0.29) is 0 Å². The van der Waals surface area contributed by atoms with E-state index in [4.69, 9.17) is 0 Å². The summed E-state index contributed by atoms with van der Waals surface area (Å²) in [5, 5.41) is 3.50. The van der Waals surface area contributed by atoms with Gasteiger partial charge in [0.05, 0.1) is 0 Å². The predicted molar refractivity (Wildman–Crippen MR) is 83.8 cm³/mol. The van der Waals surface area contributed by atoms with Crippen molar-refractivity contribution in [2.24, 2.45) is 0 Å². The number of benzene rings is 2. The van der Waals surface area contributed by atoms with E-state index in [1.807, 2.05) is 0 Å². The molecule has 0 atom stereocenters. The van der Waals surface area contributed by atoms with Crippen LogP contribution >= 0.6 is 0 Å². The van der Waals surface area contributed by atoms with Gasteiger partial charge in [0.15, 0.2) is 0 Å². The van der Waals surface area contributed by atoms with Gasteiger partial charge in [0, 0.05) is 12.2 Å². The third-order valence-corrected chi connectivity index (χ3v) is 3.80. The highest BCUT2D eigenvalue weighted by molar-refractivity contribution is 5.46. The average Bonchev–Trinajstić information content (AvgIpc) is 2.42. The van der Waals surface area contributed by atoms with Gasteiger partial charge in [0.2, 0.25) is 0 Å². The van der Waals surface area contributed by atoms with Gasteiger partial charge in [0.1, 0.15) is 0 Å². The van der Waals surface area contributed by atoms with Crippen molar-refractivity contribution in [2.75, 3.05) is 5.32 Å². The summed E-state index contributed by atoms with van der Waals surface area (Å²) < 4.78 is 0. The Morgan fingerprint density at radius 1 is 0.842 bits per heavy atom. The van der Waals surface area contributed by atoms with Crippen molar-refractivity contribution >= 4 is 5.69 Å². The Kier molecular flexibility index (Phi) is 4.26. The zero-order valence-electron chi connectivity index (χ0n) is 12.4. The Hall–Kier alpha value is -1.76. The largest absolute Gasteiger partial charge is 0.381 e. The molecule has 0 unspecified atom stereocenters. The highest BCUT2D eigenvalue weighted by Gasteiger charge is 2.02. The summed E-state index contributed by atoms with van der Waals surface area (Å²) >= 11 is 0. The Morgan fingerprint density at radius 3 is 2.11 bits per heavy atom. The Bertz CT molecular complexity index is 553. The lowest BCUT2D eigenvalue weighted by atomic mass is 10.0. The Morgan fingerprint density at radius 2 is 1.47 bits per heavy atom. The maximum Gasteiger partial charge on any atom is 0.0403 e. The average molecular weight is 253 g/mol. The zero-order chi connectivity index (χ0) is 13.8. The summed E-state index contributed by atoms with van der Waals surface area (Å²) in [5.41, 5.74) is 8.04. The molecule has 0 saturated heterocycles. The second kappa shape index (κ2) is 5.92. The third kappa shape index (κ3) is 3.37. The van der Waals surface area contributed by atoms with Crippen molar-refractivity contribution in [3.8, 4) is 0 Å². The molecular formula is C18H23N. The standard InChI is InChI=1S/C18H23N/c1-5-16-6-8-18(9-7-16)19-12-17-11-14(3)13(2)10-15(17)4/h6-11,19H,5,12H2,1-4H3. The first-order valence-electron chi connectivity index (χ1n) is 6.99. The maximum absolute atomic E-state index is 3.50. The highest BCUT2D eigenvalue weighted by atomic mass is 14.9. The minimum absolute atomic E-state index is 0.887. The molecule has 0 bridgehead atoms. The van der Waals surface area contributed by atoms with E-state index in [0.29, 0.717) is 0 Å². The lowest BCUT2D eigenvalue weighted by Crippen LogP contribution is -2.02.